The molecule has 0 spiro atoms. The van der Waals surface area contributed by atoms with Gasteiger partial charge >= 0.3 is 5.97 Å². The van der Waals surface area contributed by atoms with E-state index in [0.29, 0.717) is 11.3 Å². The van der Waals surface area contributed by atoms with E-state index in [1.165, 1.54) is 6.92 Å². The maximum absolute atomic E-state index is 11.9. The number of aliphatic hydroxyl groups excluding tert-OH is 1. The van der Waals surface area contributed by atoms with Gasteiger partial charge in [0, 0.05) is 19.0 Å². The van der Waals surface area contributed by atoms with Gasteiger partial charge in [0.1, 0.15) is 13.3 Å². The Balaban J connectivity index is 2.45. The highest BCUT2D eigenvalue weighted by Crippen LogP contribution is 2.11. The van der Waals surface area contributed by atoms with Gasteiger partial charge in [-0.1, -0.05) is 12.1 Å². The number of Topliss-reactive ketones (excluding diaryl/α,β-unsaturated/α-hetero) is 1. The number of hydrogen-bond donors (Lipinski definition) is 2. The molecule has 0 aliphatic heterocycles. The van der Waals surface area contributed by atoms with Crippen molar-refractivity contribution in [3.8, 4) is 0 Å². The van der Waals surface area contributed by atoms with Gasteiger partial charge < -0.3 is 15.2 Å². The number of carbonyl (C=O) groups excluding carboxylic acids is 3. The molecule has 0 aliphatic carbocycles. The summed E-state index contributed by atoms with van der Waals surface area (Å²) in [4.78, 5) is 33.0. The lowest BCUT2D eigenvalue weighted by Crippen LogP contribution is -2.26. The summed E-state index contributed by atoms with van der Waals surface area (Å²) in [6.45, 7) is 0.0603. The molecular formula is C14H16FNO5. The van der Waals surface area contributed by atoms with Gasteiger partial charge in [0.05, 0.1) is 0 Å². The van der Waals surface area contributed by atoms with Crippen LogP contribution in [-0.2, 0) is 25.7 Å². The Morgan fingerprint density at radius 3 is 2.43 bits per heavy atom. The van der Waals surface area contributed by atoms with Crippen molar-refractivity contribution in [2.45, 2.75) is 26.1 Å². The van der Waals surface area contributed by atoms with Gasteiger partial charge in [0.25, 0.3) is 0 Å². The molecule has 1 atom stereocenters. The number of ether oxygens (including phenoxy) is 1. The molecule has 6 nitrogen and oxygen atoms in total. The second-order valence-electron chi connectivity index (χ2n) is 4.38. The number of esters is 1. The number of ketones is 1. The van der Waals surface area contributed by atoms with Crippen LogP contribution in [0.3, 0.4) is 0 Å². The van der Waals surface area contributed by atoms with Crippen LogP contribution in [0.2, 0.25) is 0 Å². The Kier molecular flexibility index (Phi) is 6.48. The first-order valence-corrected chi connectivity index (χ1v) is 6.21. The SMILES string of the molecule is CC(=O)Nc1ccc(COC(=O)C(O)CC(=O)CF)cc1. The van der Waals surface area contributed by atoms with Crippen LogP contribution in [0, 0.1) is 0 Å². The van der Waals surface area contributed by atoms with E-state index in [9.17, 15) is 23.9 Å². The summed E-state index contributed by atoms with van der Waals surface area (Å²) in [5.41, 5.74) is 1.24. The summed E-state index contributed by atoms with van der Waals surface area (Å²) in [6.07, 6.45) is -2.26. The lowest BCUT2D eigenvalue weighted by Gasteiger charge is -2.10. The van der Waals surface area contributed by atoms with Crippen molar-refractivity contribution in [2.75, 3.05) is 12.0 Å². The van der Waals surface area contributed by atoms with Crippen LogP contribution < -0.4 is 5.32 Å². The third kappa shape index (κ3) is 6.13. The van der Waals surface area contributed by atoms with E-state index in [1.807, 2.05) is 0 Å². The van der Waals surface area contributed by atoms with Crippen LogP contribution in [0.5, 0.6) is 0 Å². The fourth-order valence-electron chi connectivity index (χ4n) is 1.49. The summed E-state index contributed by atoms with van der Waals surface area (Å²) >= 11 is 0. The lowest BCUT2D eigenvalue weighted by molar-refractivity contribution is -0.156. The highest BCUT2D eigenvalue weighted by atomic mass is 19.1. The topological polar surface area (TPSA) is 92.7 Å². The number of carbonyl (C=O) groups is 3. The lowest BCUT2D eigenvalue weighted by atomic mass is 10.2. The number of benzene rings is 1. The minimum Gasteiger partial charge on any atom is -0.459 e. The molecule has 2 N–H and O–H groups in total. The summed E-state index contributed by atoms with van der Waals surface area (Å²) in [7, 11) is 0. The molecule has 21 heavy (non-hydrogen) atoms. The molecule has 1 amide bonds. The van der Waals surface area contributed by atoms with Crippen molar-refractivity contribution >= 4 is 23.3 Å². The zero-order chi connectivity index (χ0) is 15.8. The molecule has 1 unspecified atom stereocenters. The average molecular weight is 297 g/mol. The third-order valence-corrected chi connectivity index (χ3v) is 2.50. The van der Waals surface area contributed by atoms with E-state index in [4.69, 9.17) is 4.74 Å². The molecule has 0 heterocycles. The first-order chi connectivity index (χ1) is 9.92. The Morgan fingerprint density at radius 1 is 1.29 bits per heavy atom. The Morgan fingerprint density at radius 2 is 1.90 bits per heavy atom. The average Bonchev–Trinajstić information content (AvgIpc) is 2.45. The Labute approximate surface area is 120 Å². The van der Waals surface area contributed by atoms with E-state index in [0.717, 1.165) is 0 Å². The van der Waals surface area contributed by atoms with Gasteiger partial charge in [0.2, 0.25) is 5.91 Å². The molecule has 1 aromatic carbocycles. The van der Waals surface area contributed by atoms with E-state index in [2.05, 4.69) is 5.32 Å². The summed E-state index contributed by atoms with van der Waals surface area (Å²) in [5, 5.41) is 11.9. The van der Waals surface area contributed by atoms with Gasteiger partial charge in [-0.05, 0) is 17.7 Å². The summed E-state index contributed by atoms with van der Waals surface area (Å²) in [5.74, 6) is -2.04. The zero-order valence-corrected chi connectivity index (χ0v) is 11.5. The fraction of sp³-hybridized carbons (Fsp3) is 0.357. The normalized spacial score (nSPS) is 11.6. The molecule has 1 rings (SSSR count). The van der Waals surface area contributed by atoms with E-state index >= 15 is 0 Å². The molecular weight excluding hydrogens is 281 g/mol. The summed E-state index contributed by atoms with van der Waals surface area (Å²) < 4.78 is 16.8. The first-order valence-electron chi connectivity index (χ1n) is 6.21. The van der Waals surface area contributed by atoms with Crippen molar-refractivity contribution < 1.29 is 28.6 Å². The number of hydrogen-bond acceptors (Lipinski definition) is 5. The molecule has 0 aromatic heterocycles. The van der Waals surface area contributed by atoms with Crippen LogP contribution in [0.4, 0.5) is 10.1 Å². The van der Waals surface area contributed by atoms with Crippen molar-refractivity contribution in [3.05, 3.63) is 29.8 Å². The van der Waals surface area contributed by atoms with Gasteiger partial charge in [-0.2, -0.15) is 0 Å². The Bertz CT molecular complexity index is 515. The number of nitrogens with one attached hydrogen (secondary N) is 1. The maximum atomic E-state index is 11.9. The number of alkyl halides is 1. The third-order valence-electron chi connectivity index (χ3n) is 2.50. The molecule has 0 saturated heterocycles. The van der Waals surface area contributed by atoms with Crippen LogP contribution in [0.25, 0.3) is 0 Å². The number of amides is 1. The molecule has 7 heteroatoms. The monoisotopic (exact) mass is 297 g/mol. The molecule has 0 aliphatic rings. The van der Waals surface area contributed by atoms with Crippen LogP contribution >= 0.6 is 0 Å². The number of aliphatic hydroxyl groups is 1. The number of halogens is 1. The first kappa shape index (κ1) is 16.8. The minimum absolute atomic E-state index is 0.0972. The highest BCUT2D eigenvalue weighted by Gasteiger charge is 2.20. The predicted molar refractivity (Wildman–Crippen MR) is 72.1 cm³/mol. The Hall–Kier alpha value is -2.28. The van der Waals surface area contributed by atoms with Gasteiger partial charge in [-0.15, -0.1) is 0 Å². The maximum Gasteiger partial charge on any atom is 0.335 e. The smallest absolute Gasteiger partial charge is 0.335 e. The summed E-state index contributed by atoms with van der Waals surface area (Å²) in [6, 6.07) is 6.54. The molecule has 0 saturated carbocycles. The quantitative estimate of drug-likeness (QED) is 0.732. The van der Waals surface area contributed by atoms with Crippen molar-refractivity contribution in [1.29, 1.82) is 0 Å². The van der Waals surface area contributed by atoms with Crippen LogP contribution in [-0.4, -0.2) is 35.5 Å². The zero-order valence-electron chi connectivity index (χ0n) is 11.5. The standard InChI is InChI=1S/C14H16FNO5/c1-9(17)16-11-4-2-10(3-5-11)8-21-14(20)13(19)6-12(18)7-15/h2-5,13,19H,6-8H2,1H3,(H,16,17). The predicted octanol–water partition coefficient (Wildman–Crippen LogP) is 0.978. The van der Waals surface area contributed by atoms with Crippen molar-refractivity contribution in [3.63, 3.8) is 0 Å². The van der Waals surface area contributed by atoms with Crippen LogP contribution in [0.15, 0.2) is 24.3 Å². The van der Waals surface area contributed by atoms with E-state index in [-0.39, 0.29) is 12.5 Å². The van der Waals surface area contributed by atoms with Crippen molar-refractivity contribution in [1.82, 2.24) is 0 Å². The molecule has 1 aromatic rings. The van der Waals surface area contributed by atoms with Gasteiger partial charge in [-0.3, -0.25) is 9.59 Å². The second kappa shape index (κ2) is 8.11. The molecule has 0 bridgehead atoms. The van der Waals surface area contributed by atoms with Crippen molar-refractivity contribution in [2.24, 2.45) is 0 Å². The largest absolute Gasteiger partial charge is 0.459 e. The minimum atomic E-state index is -1.66. The van der Waals surface area contributed by atoms with E-state index < -0.39 is 31.0 Å². The fourth-order valence-corrected chi connectivity index (χ4v) is 1.49. The van der Waals surface area contributed by atoms with Gasteiger partial charge in [0.15, 0.2) is 11.9 Å². The van der Waals surface area contributed by atoms with E-state index in [1.54, 1.807) is 24.3 Å². The van der Waals surface area contributed by atoms with Crippen LogP contribution in [0.1, 0.15) is 18.9 Å². The number of anilines is 1. The van der Waals surface area contributed by atoms with Gasteiger partial charge in [-0.25, -0.2) is 9.18 Å². The number of rotatable bonds is 7. The molecule has 114 valence electrons. The highest BCUT2D eigenvalue weighted by molar-refractivity contribution is 5.88. The second-order valence-corrected chi connectivity index (χ2v) is 4.38. The molecule has 0 radical (unpaired) electrons. The molecule has 0 fully saturated rings.